The molecule has 7 nitrogen and oxygen atoms in total. The number of anilines is 1. The van der Waals surface area contributed by atoms with E-state index >= 15 is 0 Å². The van der Waals surface area contributed by atoms with Gasteiger partial charge in [-0.2, -0.15) is 0 Å². The Kier molecular flexibility index (Phi) is 4.07. The summed E-state index contributed by atoms with van der Waals surface area (Å²) in [6.45, 7) is 0. The molecule has 0 saturated carbocycles. The van der Waals surface area contributed by atoms with Gasteiger partial charge >= 0.3 is 0 Å². The predicted octanol–water partition coefficient (Wildman–Crippen LogP) is 1.65. The van der Waals surface area contributed by atoms with Gasteiger partial charge in [-0.25, -0.2) is 0 Å². The van der Waals surface area contributed by atoms with Crippen LogP contribution in [-0.2, 0) is 0 Å². The standard InChI is InChI=1S/C10H8BrN5O2S/c11-5-1-2-7(6(3-5)9(12)15-18)14-10(17)8-4-13-16-19-8/h1-4,18H,(H2,12,15)(H,14,17). The average Bonchev–Trinajstić information content (AvgIpc) is 2.94. The highest BCUT2D eigenvalue weighted by atomic mass is 79.9. The first-order valence-electron chi connectivity index (χ1n) is 4.98. The lowest BCUT2D eigenvalue weighted by atomic mass is 10.1. The van der Waals surface area contributed by atoms with E-state index in [1.165, 1.54) is 6.20 Å². The van der Waals surface area contributed by atoms with Crippen molar-refractivity contribution >= 4 is 44.9 Å². The quantitative estimate of drug-likeness (QED) is 0.340. The number of oxime groups is 1. The predicted molar refractivity (Wildman–Crippen MR) is 74.5 cm³/mol. The molecule has 2 rings (SSSR count). The molecule has 1 aromatic heterocycles. The Morgan fingerprint density at radius 2 is 2.32 bits per heavy atom. The van der Waals surface area contributed by atoms with Gasteiger partial charge in [0.1, 0.15) is 4.88 Å². The van der Waals surface area contributed by atoms with Crippen molar-refractivity contribution < 1.29 is 10.0 Å². The summed E-state index contributed by atoms with van der Waals surface area (Å²) < 4.78 is 4.35. The van der Waals surface area contributed by atoms with E-state index in [1.54, 1.807) is 18.2 Å². The number of aromatic nitrogens is 2. The molecule has 0 aliphatic heterocycles. The van der Waals surface area contributed by atoms with E-state index < -0.39 is 0 Å². The van der Waals surface area contributed by atoms with Crippen LogP contribution in [0, 0.1) is 0 Å². The molecule has 0 bridgehead atoms. The number of nitrogens with zero attached hydrogens (tertiary/aromatic N) is 3. The average molecular weight is 342 g/mol. The molecule has 98 valence electrons. The zero-order chi connectivity index (χ0) is 13.8. The fourth-order valence-electron chi connectivity index (χ4n) is 1.34. The molecule has 0 fully saturated rings. The maximum absolute atomic E-state index is 11.9. The largest absolute Gasteiger partial charge is 0.409 e. The van der Waals surface area contributed by atoms with Gasteiger partial charge in [-0.15, -0.1) is 5.10 Å². The minimum Gasteiger partial charge on any atom is -0.409 e. The highest BCUT2D eigenvalue weighted by Crippen LogP contribution is 2.22. The van der Waals surface area contributed by atoms with Gasteiger partial charge in [0.05, 0.1) is 11.9 Å². The first-order valence-corrected chi connectivity index (χ1v) is 6.54. The molecular formula is C10H8BrN5O2S. The number of nitrogens with one attached hydrogen (secondary N) is 1. The fraction of sp³-hybridized carbons (Fsp3) is 0. The first-order chi connectivity index (χ1) is 9.11. The van der Waals surface area contributed by atoms with Gasteiger partial charge in [-0.3, -0.25) is 4.79 Å². The lowest BCUT2D eigenvalue weighted by molar-refractivity contribution is 0.103. The molecule has 0 atom stereocenters. The van der Waals surface area contributed by atoms with Crippen molar-refractivity contribution in [3.05, 3.63) is 39.3 Å². The summed E-state index contributed by atoms with van der Waals surface area (Å²) in [5.41, 5.74) is 6.40. The van der Waals surface area contributed by atoms with Crippen LogP contribution < -0.4 is 11.1 Å². The van der Waals surface area contributed by atoms with Crippen LogP contribution >= 0.6 is 27.5 Å². The molecule has 0 unspecified atom stereocenters. The summed E-state index contributed by atoms with van der Waals surface area (Å²) in [4.78, 5) is 12.3. The zero-order valence-corrected chi connectivity index (χ0v) is 11.8. The maximum Gasteiger partial charge on any atom is 0.269 e. The minimum absolute atomic E-state index is 0.0981. The van der Waals surface area contributed by atoms with Gasteiger partial charge in [0.25, 0.3) is 5.91 Å². The topological polar surface area (TPSA) is 113 Å². The third kappa shape index (κ3) is 3.06. The highest BCUT2D eigenvalue weighted by Gasteiger charge is 2.13. The number of carbonyl (C=O) groups excluding carboxylic acids is 1. The van der Waals surface area contributed by atoms with Crippen LogP contribution in [0.3, 0.4) is 0 Å². The lowest BCUT2D eigenvalue weighted by Crippen LogP contribution is -2.18. The molecule has 1 heterocycles. The first kappa shape index (κ1) is 13.4. The number of amides is 1. The number of rotatable bonds is 3. The van der Waals surface area contributed by atoms with E-state index in [1.807, 2.05) is 0 Å². The monoisotopic (exact) mass is 341 g/mol. The van der Waals surface area contributed by atoms with Crippen LogP contribution in [0.5, 0.6) is 0 Å². The van der Waals surface area contributed by atoms with Crippen molar-refractivity contribution in [2.75, 3.05) is 5.32 Å². The van der Waals surface area contributed by atoms with Gasteiger partial charge in [-0.05, 0) is 29.7 Å². The zero-order valence-electron chi connectivity index (χ0n) is 9.37. The van der Waals surface area contributed by atoms with Crippen LogP contribution in [0.2, 0.25) is 0 Å². The van der Waals surface area contributed by atoms with Crippen LogP contribution in [0.15, 0.2) is 34.0 Å². The molecule has 9 heteroatoms. The van der Waals surface area contributed by atoms with E-state index in [0.717, 1.165) is 16.0 Å². The molecule has 0 aliphatic rings. The Balaban J connectivity index is 2.32. The van der Waals surface area contributed by atoms with Crippen molar-refractivity contribution in [2.24, 2.45) is 10.9 Å². The number of benzene rings is 1. The summed E-state index contributed by atoms with van der Waals surface area (Å²) in [7, 11) is 0. The Morgan fingerprint density at radius 1 is 1.53 bits per heavy atom. The number of carbonyl (C=O) groups is 1. The van der Waals surface area contributed by atoms with Crippen molar-refractivity contribution in [3.63, 3.8) is 0 Å². The normalized spacial score (nSPS) is 11.3. The molecule has 19 heavy (non-hydrogen) atoms. The maximum atomic E-state index is 11.9. The third-order valence-electron chi connectivity index (χ3n) is 2.20. The van der Waals surface area contributed by atoms with Crippen molar-refractivity contribution in [3.8, 4) is 0 Å². The third-order valence-corrected chi connectivity index (χ3v) is 3.36. The van der Waals surface area contributed by atoms with Gasteiger partial charge in [0, 0.05) is 10.0 Å². The smallest absolute Gasteiger partial charge is 0.269 e. The summed E-state index contributed by atoms with van der Waals surface area (Å²) in [6, 6.07) is 5.01. The number of amidine groups is 1. The van der Waals surface area contributed by atoms with Crippen LogP contribution in [0.1, 0.15) is 15.2 Å². The molecule has 1 amide bonds. The van der Waals surface area contributed by atoms with E-state index in [4.69, 9.17) is 10.9 Å². The lowest BCUT2D eigenvalue weighted by Gasteiger charge is -2.09. The molecule has 4 N–H and O–H groups in total. The Morgan fingerprint density at radius 3 is 2.95 bits per heavy atom. The minimum atomic E-state index is -0.357. The van der Waals surface area contributed by atoms with Crippen molar-refractivity contribution in [1.82, 2.24) is 9.59 Å². The van der Waals surface area contributed by atoms with Gasteiger partial charge in [0.15, 0.2) is 5.84 Å². The molecular weight excluding hydrogens is 334 g/mol. The number of halogens is 1. The molecule has 0 spiro atoms. The molecule has 1 aromatic carbocycles. The molecule has 0 aliphatic carbocycles. The molecule has 2 aromatic rings. The SMILES string of the molecule is N/C(=N/O)c1cc(Br)ccc1NC(=O)c1cnns1. The summed E-state index contributed by atoms with van der Waals surface area (Å²) in [5, 5.41) is 17.9. The number of nitrogens with two attached hydrogens (primary N) is 1. The van der Waals surface area contributed by atoms with Crippen LogP contribution in [0.4, 0.5) is 5.69 Å². The highest BCUT2D eigenvalue weighted by molar-refractivity contribution is 9.10. The van der Waals surface area contributed by atoms with E-state index in [0.29, 0.717) is 16.1 Å². The van der Waals surface area contributed by atoms with Crippen molar-refractivity contribution in [2.45, 2.75) is 0 Å². The second-order valence-corrected chi connectivity index (χ2v) is 5.11. The second kappa shape index (κ2) is 5.76. The van der Waals surface area contributed by atoms with Crippen LogP contribution in [-0.4, -0.2) is 26.5 Å². The van der Waals surface area contributed by atoms with Crippen molar-refractivity contribution in [1.29, 1.82) is 0 Å². The second-order valence-electron chi connectivity index (χ2n) is 3.41. The van der Waals surface area contributed by atoms with E-state index in [-0.39, 0.29) is 11.7 Å². The van der Waals surface area contributed by atoms with Gasteiger partial charge < -0.3 is 16.3 Å². The Hall–Kier alpha value is -2.00. The summed E-state index contributed by atoms with van der Waals surface area (Å²) in [6.07, 6.45) is 1.36. The fourth-order valence-corrected chi connectivity index (χ4v) is 2.11. The van der Waals surface area contributed by atoms with Gasteiger partial charge in [0.2, 0.25) is 0 Å². The molecule has 0 saturated heterocycles. The van der Waals surface area contributed by atoms with E-state index in [2.05, 4.69) is 36.0 Å². The number of hydrogen-bond donors (Lipinski definition) is 3. The summed E-state index contributed by atoms with van der Waals surface area (Å²) >= 11 is 4.26. The summed E-state index contributed by atoms with van der Waals surface area (Å²) in [5.74, 6) is -0.455. The van der Waals surface area contributed by atoms with E-state index in [9.17, 15) is 4.79 Å². The van der Waals surface area contributed by atoms with Crippen LogP contribution in [0.25, 0.3) is 0 Å². The van der Waals surface area contributed by atoms with Gasteiger partial charge in [-0.1, -0.05) is 25.6 Å². The molecule has 0 radical (unpaired) electrons. The number of hydrogen-bond acceptors (Lipinski definition) is 6. The Bertz CT molecular complexity index is 629. The Labute approximate surface area is 120 Å².